The number of hydrogen-bond acceptors (Lipinski definition) is 3. The first-order valence-electron chi connectivity index (χ1n) is 7.25. The summed E-state index contributed by atoms with van der Waals surface area (Å²) in [4.78, 5) is 12.0. The van der Waals surface area contributed by atoms with Crippen LogP contribution in [0.25, 0.3) is 6.08 Å². The van der Waals surface area contributed by atoms with Gasteiger partial charge in [-0.3, -0.25) is 4.79 Å². The largest absolute Gasteiger partial charge is 0.454 e. The van der Waals surface area contributed by atoms with E-state index < -0.39 is 0 Å². The molecule has 1 aliphatic heterocycles. The summed E-state index contributed by atoms with van der Waals surface area (Å²) in [6, 6.07) is 13.4. The number of nitrogens with one attached hydrogen (secondary N) is 1. The lowest BCUT2D eigenvalue weighted by Gasteiger charge is -2.12. The Labute approximate surface area is 143 Å². The van der Waals surface area contributed by atoms with Gasteiger partial charge in [-0.15, -0.1) is 0 Å². The Balaban J connectivity index is 1.61. The van der Waals surface area contributed by atoms with Crippen LogP contribution in [0.2, 0.25) is 0 Å². The molecule has 5 heteroatoms. The van der Waals surface area contributed by atoms with Gasteiger partial charge in [0.15, 0.2) is 11.5 Å². The van der Waals surface area contributed by atoms with Gasteiger partial charge < -0.3 is 14.8 Å². The van der Waals surface area contributed by atoms with Crippen molar-refractivity contribution in [2.75, 3.05) is 6.79 Å². The quantitative estimate of drug-likeness (QED) is 0.821. The van der Waals surface area contributed by atoms with E-state index in [9.17, 15) is 4.79 Å². The van der Waals surface area contributed by atoms with E-state index in [0.29, 0.717) is 5.75 Å². The van der Waals surface area contributed by atoms with Gasteiger partial charge >= 0.3 is 0 Å². The number of carbonyl (C=O) groups excluding carboxylic acids is 1. The number of halogens is 1. The summed E-state index contributed by atoms with van der Waals surface area (Å²) in [5.41, 5.74) is 1.94. The molecule has 2 aromatic carbocycles. The van der Waals surface area contributed by atoms with E-state index in [1.54, 1.807) is 6.08 Å². The Bertz CT molecular complexity index is 740. The molecule has 0 bridgehead atoms. The summed E-state index contributed by atoms with van der Waals surface area (Å²) in [7, 11) is 0. The van der Waals surface area contributed by atoms with Crippen LogP contribution in [0.4, 0.5) is 0 Å². The standard InChI is InChI=1S/C18H16BrNO3/c1-12(14-4-6-15(19)7-5-14)20-18(21)9-3-13-2-8-16-17(10-13)23-11-22-16/h2-10,12H,11H2,1H3,(H,20,21). The molecule has 3 rings (SSSR count). The van der Waals surface area contributed by atoms with E-state index in [1.165, 1.54) is 6.08 Å². The van der Waals surface area contributed by atoms with Crippen LogP contribution in [0.1, 0.15) is 24.1 Å². The van der Waals surface area contributed by atoms with Crippen molar-refractivity contribution < 1.29 is 14.3 Å². The van der Waals surface area contributed by atoms with Crippen LogP contribution in [0.15, 0.2) is 53.0 Å². The fraction of sp³-hybridized carbons (Fsp3) is 0.167. The van der Waals surface area contributed by atoms with Crippen molar-refractivity contribution in [1.82, 2.24) is 5.32 Å². The predicted octanol–water partition coefficient (Wildman–Crippen LogP) is 4.07. The molecule has 1 amide bonds. The molecule has 0 saturated carbocycles. The van der Waals surface area contributed by atoms with E-state index in [4.69, 9.17) is 9.47 Å². The van der Waals surface area contributed by atoms with Crippen molar-refractivity contribution in [2.45, 2.75) is 13.0 Å². The summed E-state index contributed by atoms with van der Waals surface area (Å²) >= 11 is 3.40. The fourth-order valence-electron chi connectivity index (χ4n) is 2.29. The summed E-state index contributed by atoms with van der Waals surface area (Å²) in [6.45, 7) is 2.20. The number of rotatable bonds is 4. The zero-order valence-electron chi connectivity index (χ0n) is 12.6. The van der Waals surface area contributed by atoms with E-state index in [-0.39, 0.29) is 18.7 Å². The van der Waals surface area contributed by atoms with Gasteiger partial charge in [0.1, 0.15) is 0 Å². The Morgan fingerprint density at radius 3 is 2.70 bits per heavy atom. The molecule has 0 aliphatic carbocycles. The lowest BCUT2D eigenvalue weighted by atomic mass is 10.1. The van der Waals surface area contributed by atoms with Crippen LogP contribution in [-0.4, -0.2) is 12.7 Å². The van der Waals surface area contributed by atoms with E-state index >= 15 is 0 Å². The highest BCUT2D eigenvalue weighted by Gasteiger charge is 2.12. The second-order valence-electron chi connectivity index (χ2n) is 5.23. The minimum absolute atomic E-state index is 0.0583. The molecule has 0 aromatic heterocycles. The maximum absolute atomic E-state index is 12.0. The van der Waals surface area contributed by atoms with Gasteiger partial charge in [-0.25, -0.2) is 0 Å². The molecule has 1 aliphatic rings. The Morgan fingerprint density at radius 1 is 1.17 bits per heavy atom. The van der Waals surface area contributed by atoms with Crippen LogP contribution in [0.3, 0.4) is 0 Å². The highest BCUT2D eigenvalue weighted by molar-refractivity contribution is 9.10. The number of hydrogen-bond donors (Lipinski definition) is 1. The minimum atomic E-state index is -0.141. The molecule has 1 N–H and O–H groups in total. The number of fused-ring (bicyclic) bond motifs is 1. The summed E-state index contributed by atoms with van der Waals surface area (Å²) in [5, 5.41) is 2.94. The van der Waals surface area contributed by atoms with Crippen LogP contribution in [0, 0.1) is 0 Å². The normalized spacial score (nSPS) is 14.0. The summed E-state index contributed by atoms with van der Waals surface area (Å²) in [6.07, 6.45) is 3.28. The Morgan fingerprint density at radius 2 is 1.91 bits per heavy atom. The average Bonchev–Trinajstić information content (AvgIpc) is 3.01. The van der Waals surface area contributed by atoms with Gasteiger partial charge in [0.2, 0.25) is 12.7 Å². The van der Waals surface area contributed by atoms with Gasteiger partial charge in [-0.05, 0) is 48.4 Å². The number of carbonyl (C=O) groups is 1. The monoisotopic (exact) mass is 373 g/mol. The zero-order valence-corrected chi connectivity index (χ0v) is 14.2. The lowest BCUT2D eigenvalue weighted by Crippen LogP contribution is -2.24. The van der Waals surface area contributed by atoms with Gasteiger partial charge in [0.05, 0.1) is 6.04 Å². The Kier molecular flexibility index (Phi) is 4.67. The van der Waals surface area contributed by atoms with Crippen molar-refractivity contribution in [2.24, 2.45) is 0 Å². The van der Waals surface area contributed by atoms with Crippen molar-refractivity contribution in [1.29, 1.82) is 0 Å². The number of benzene rings is 2. The molecule has 2 aromatic rings. The second-order valence-corrected chi connectivity index (χ2v) is 6.14. The maximum atomic E-state index is 12.0. The summed E-state index contributed by atoms with van der Waals surface area (Å²) < 4.78 is 11.6. The molecule has 1 atom stereocenters. The van der Waals surface area contributed by atoms with Crippen LogP contribution in [-0.2, 0) is 4.79 Å². The fourth-order valence-corrected chi connectivity index (χ4v) is 2.55. The highest BCUT2D eigenvalue weighted by Crippen LogP contribution is 2.32. The number of ether oxygens (including phenoxy) is 2. The topological polar surface area (TPSA) is 47.6 Å². The predicted molar refractivity (Wildman–Crippen MR) is 92.3 cm³/mol. The zero-order chi connectivity index (χ0) is 16.2. The molecule has 118 valence electrons. The second kappa shape index (κ2) is 6.87. The van der Waals surface area contributed by atoms with Gasteiger partial charge in [-0.2, -0.15) is 0 Å². The minimum Gasteiger partial charge on any atom is -0.454 e. The average molecular weight is 374 g/mol. The molecule has 23 heavy (non-hydrogen) atoms. The molecule has 0 radical (unpaired) electrons. The van der Waals surface area contributed by atoms with Crippen LogP contribution >= 0.6 is 15.9 Å². The molecular weight excluding hydrogens is 358 g/mol. The third-order valence-electron chi connectivity index (χ3n) is 3.55. The molecule has 0 spiro atoms. The number of amides is 1. The molecule has 1 unspecified atom stereocenters. The lowest BCUT2D eigenvalue weighted by molar-refractivity contribution is -0.117. The first-order valence-corrected chi connectivity index (χ1v) is 8.05. The van der Waals surface area contributed by atoms with Crippen molar-refractivity contribution in [3.63, 3.8) is 0 Å². The van der Waals surface area contributed by atoms with Crippen molar-refractivity contribution >= 4 is 27.9 Å². The molecule has 0 fully saturated rings. The highest BCUT2D eigenvalue weighted by atomic mass is 79.9. The third kappa shape index (κ3) is 3.93. The maximum Gasteiger partial charge on any atom is 0.244 e. The van der Waals surface area contributed by atoms with E-state index in [1.807, 2.05) is 49.4 Å². The SMILES string of the molecule is CC(NC(=O)C=Cc1ccc2c(c1)OCO2)c1ccc(Br)cc1. The first kappa shape index (κ1) is 15.6. The van der Waals surface area contributed by atoms with E-state index in [2.05, 4.69) is 21.2 Å². The smallest absolute Gasteiger partial charge is 0.244 e. The third-order valence-corrected chi connectivity index (χ3v) is 4.08. The molecule has 1 heterocycles. The van der Waals surface area contributed by atoms with Crippen molar-refractivity contribution in [3.05, 3.63) is 64.1 Å². The van der Waals surface area contributed by atoms with Gasteiger partial charge in [0.25, 0.3) is 0 Å². The molecular formula is C18H16BrNO3. The molecule has 0 saturated heterocycles. The first-order chi connectivity index (χ1) is 11.1. The summed E-state index contributed by atoms with van der Waals surface area (Å²) in [5.74, 6) is 1.30. The molecule has 4 nitrogen and oxygen atoms in total. The Hall–Kier alpha value is -2.27. The van der Waals surface area contributed by atoms with Crippen molar-refractivity contribution in [3.8, 4) is 11.5 Å². The van der Waals surface area contributed by atoms with E-state index in [0.717, 1.165) is 21.3 Å². The van der Waals surface area contributed by atoms with Crippen LogP contribution < -0.4 is 14.8 Å². The van der Waals surface area contributed by atoms with Gasteiger partial charge in [-0.1, -0.05) is 34.1 Å². The van der Waals surface area contributed by atoms with Gasteiger partial charge in [0, 0.05) is 10.5 Å². The van der Waals surface area contributed by atoms with Crippen LogP contribution in [0.5, 0.6) is 11.5 Å².